The topological polar surface area (TPSA) is 35.6 Å². The van der Waals surface area contributed by atoms with Crippen LogP contribution in [0.1, 0.15) is 24.6 Å². The molecule has 2 aliphatic rings. The van der Waals surface area contributed by atoms with Crippen molar-refractivity contribution < 1.29 is 4.79 Å². The summed E-state index contributed by atoms with van der Waals surface area (Å²) in [6.45, 7) is 7.99. The molecule has 1 aromatic rings. The van der Waals surface area contributed by atoms with E-state index in [0.29, 0.717) is 0 Å². The number of nitrogens with zero attached hydrogens (tertiary/aromatic N) is 2. The van der Waals surface area contributed by atoms with Gasteiger partial charge in [-0.15, -0.1) is 11.3 Å². The van der Waals surface area contributed by atoms with Gasteiger partial charge in [-0.3, -0.25) is 14.6 Å². The van der Waals surface area contributed by atoms with Gasteiger partial charge >= 0.3 is 0 Å². The smallest absolute Gasteiger partial charge is 0.240 e. The minimum atomic E-state index is -0.237. The summed E-state index contributed by atoms with van der Waals surface area (Å²) in [6.07, 6.45) is 1.91. The van der Waals surface area contributed by atoms with E-state index in [0.717, 1.165) is 52.1 Å². The zero-order chi connectivity index (χ0) is 14.0. The van der Waals surface area contributed by atoms with Gasteiger partial charge in [-0.25, -0.2) is 0 Å². The Morgan fingerprint density at radius 3 is 2.80 bits per heavy atom. The van der Waals surface area contributed by atoms with Crippen LogP contribution in [0.15, 0.2) is 17.5 Å². The lowest BCUT2D eigenvalue weighted by Crippen LogP contribution is -2.67. The lowest BCUT2D eigenvalue weighted by Gasteiger charge is -2.49. The molecule has 2 aliphatic heterocycles. The summed E-state index contributed by atoms with van der Waals surface area (Å²) in [5.41, 5.74) is -0.237. The molecule has 1 N–H and O–H groups in total. The number of carbonyl (C=O) groups is 1. The minimum Gasteiger partial charge on any atom is -0.353 e. The molecule has 3 rings (SSSR count). The van der Waals surface area contributed by atoms with Gasteiger partial charge in [0.2, 0.25) is 5.91 Å². The first-order valence-corrected chi connectivity index (χ1v) is 8.41. The Labute approximate surface area is 124 Å². The normalized spacial score (nSPS) is 23.9. The van der Waals surface area contributed by atoms with Crippen molar-refractivity contribution in [2.24, 2.45) is 0 Å². The van der Waals surface area contributed by atoms with Gasteiger partial charge < -0.3 is 5.32 Å². The van der Waals surface area contributed by atoms with Gasteiger partial charge in [-0.1, -0.05) is 13.0 Å². The highest BCUT2D eigenvalue weighted by Crippen LogP contribution is 2.31. The van der Waals surface area contributed by atoms with Crippen LogP contribution in [0.4, 0.5) is 0 Å². The highest BCUT2D eigenvalue weighted by atomic mass is 32.1. The van der Waals surface area contributed by atoms with Gasteiger partial charge in [0, 0.05) is 37.6 Å². The van der Waals surface area contributed by atoms with Crippen LogP contribution in [0.2, 0.25) is 0 Å². The van der Waals surface area contributed by atoms with Crippen molar-refractivity contribution in [3.8, 4) is 0 Å². The number of hydrogen-bond donors (Lipinski definition) is 1. The fourth-order valence-corrected chi connectivity index (χ4v) is 4.28. The molecule has 2 fully saturated rings. The molecule has 0 atom stereocenters. The van der Waals surface area contributed by atoms with E-state index < -0.39 is 0 Å². The Hall–Kier alpha value is -0.910. The largest absolute Gasteiger partial charge is 0.353 e. The van der Waals surface area contributed by atoms with Gasteiger partial charge in [0.15, 0.2) is 0 Å². The summed E-state index contributed by atoms with van der Waals surface area (Å²) in [6, 6.07) is 4.31. The molecule has 0 radical (unpaired) electrons. The monoisotopic (exact) mass is 293 g/mol. The molecule has 0 unspecified atom stereocenters. The average molecular weight is 293 g/mol. The maximum atomic E-state index is 12.4. The first-order chi connectivity index (χ1) is 9.74. The highest BCUT2D eigenvalue weighted by Gasteiger charge is 2.47. The van der Waals surface area contributed by atoms with Crippen LogP contribution >= 0.6 is 11.3 Å². The van der Waals surface area contributed by atoms with E-state index in [2.05, 4.69) is 39.6 Å². The van der Waals surface area contributed by atoms with Crippen molar-refractivity contribution in [3.05, 3.63) is 22.4 Å². The van der Waals surface area contributed by atoms with Crippen molar-refractivity contribution in [1.29, 1.82) is 0 Å². The third-order valence-electron chi connectivity index (χ3n) is 4.72. The molecular formula is C15H23N3OS. The molecule has 0 saturated carbocycles. The van der Waals surface area contributed by atoms with Gasteiger partial charge in [-0.2, -0.15) is 0 Å². The van der Waals surface area contributed by atoms with E-state index in [1.807, 2.05) is 11.3 Å². The summed E-state index contributed by atoms with van der Waals surface area (Å²) in [5, 5.41) is 5.20. The molecule has 1 aromatic heterocycles. The molecular weight excluding hydrogens is 270 g/mol. The van der Waals surface area contributed by atoms with Crippen LogP contribution in [0.25, 0.3) is 0 Å². The van der Waals surface area contributed by atoms with Crippen molar-refractivity contribution in [3.63, 3.8) is 0 Å². The number of piperidine rings is 1. The van der Waals surface area contributed by atoms with E-state index in [4.69, 9.17) is 0 Å². The molecule has 1 spiro atoms. The molecule has 1 amide bonds. The second-order valence-corrected chi connectivity index (χ2v) is 6.75. The fraction of sp³-hybridized carbons (Fsp3) is 0.667. The maximum Gasteiger partial charge on any atom is 0.240 e. The standard InChI is InChI=1S/C15H23N3OS/c1-2-18-10-7-16-14(19)15(18)5-8-17(9-6-15)12-13-4-3-11-20-13/h3-4,11H,2,5-10,12H2,1H3,(H,16,19). The second kappa shape index (κ2) is 5.84. The van der Waals surface area contributed by atoms with E-state index in [-0.39, 0.29) is 11.4 Å². The molecule has 0 bridgehead atoms. The lowest BCUT2D eigenvalue weighted by molar-refractivity contribution is -0.141. The molecule has 3 heterocycles. The van der Waals surface area contributed by atoms with E-state index >= 15 is 0 Å². The molecule has 5 heteroatoms. The average Bonchev–Trinajstić information content (AvgIpc) is 2.97. The quantitative estimate of drug-likeness (QED) is 0.918. The Bertz CT molecular complexity index is 452. The van der Waals surface area contributed by atoms with Crippen LogP contribution in [0.5, 0.6) is 0 Å². The molecule has 110 valence electrons. The van der Waals surface area contributed by atoms with Crippen molar-refractivity contribution in [2.75, 3.05) is 32.7 Å². The SMILES string of the molecule is CCN1CCNC(=O)C12CCN(Cc1cccs1)CC2. The first kappa shape index (κ1) is 14.0. The predicted octanol–water partition coefficient (Wildman–Crippen LogP) is 1.53. The van der Waals surface area contributed by atoms with Crippen molar-refractivity contribution in [2.45, 2.75) is 31.8 Å². The van der Waals surface area contributed by atoms with Gasteiger partial charge in [0.05, 0.1) is 0 Å². The number of hydrogen-bond acceptors (Lipinski definition) is 4. The lowest BCUT2D eigenvalue weighted by atomic mass is 9.83. The third kappa shape index (κ3) is 2.50. The van der Waals surface area contributed by atoms with Crippen LogP contribution in [-0.4, -0.2) is 54.0 Å². The fourth-order valence-electron chi connectivity index (χ4n) is 3.53. The number of likely N-dealkylation sites (N-methyl/N-ethyl adjacent to an activating group) is 1. The Kier molecular flexibility index (Phi) is 4.10. The van der Waals surface area contributed by atoms with Crippen molar-refractivity contribution >= 4 is 17.2 Å². The van der Waals surface area contributed by atoms with E-state index in [1.165, 1.54) is 4.88 Å². The summed E-state index contributed by atoms with van der Waals surface area (Å²) in [5.74, 6) is 0.251. The van der Waals surface area contributed by atoms with Crippen molar-refractivity contribution in [1.82, 2.24) is 15.1 Å². The van der Waals surface area contributed by atoms with Gasteiger partial charge in [-0.05, 0) is 30.8 Å². The highest BCUT2D eigenvalue weighted by molar-refractivity contribution is 7.09. The van der Waals surface area contributed by atoms with Gasteiger partial charge in [0.1, 0.15) is 5.54 Å². The van der Waals surface area contributed by atoms with Gasteiger partial charge in [0.25, 0.3) is 0 Å². The number of rotatable bonds is 3. The Balaban J connectivity index is 1.65. The number of amides is 1. The summed E-state index contributed by atoms with van der Waals surface area (Å²) >= 11 is 1.82. The first-order valence-electron chi connectivity index (χ1n) is 7.53. The van der Waals surface area contributed by atoms with Crippen LogP contribution in [-0.2, 0) is 11.3 Å². The molecule has 4 nitrogen and oxygen atoms in total. The summed E-state index contributed by atoms with van der Waals surface area (Å²) in [4.78, 5) is 18.7. The zero-order valence-corrected chi connectivity index (χ0v) is 12.9. The van der Waals surface area contributed by atoms with Crippen LogP contribution < -0.4 is 5.32 Å². The number of thiophene rings is 1. The number of nitrogens with one attached hydrogen (secondary N) is 1. The zero-order valence-electron chi connectivity index (χ0n) is 12.1. The molecule has 20 heavy (non-hydrogen) atoms. The van der Waals surface area contributed by atoms with E-state index in [1.54, 1.807) is 0 Å². The maximum absolute atomic E-state index is 12.4. The predicted molar refractivity (Wildman–Crippen MR) is 81.8 cm³/mol. The molecule has 0 aromatic carbocycles. The molecule has 0 aliphatic carbocycles. The molecule has 2 saturated heterocycles. The van der Waals surface area contributed by atoms with Crippen LogP contribution in [0, 0.1) is 0 Å². The third-order valence-corrected chi connectivity index (χ3v) is 5.58. The summed E-state index contributed by atoms with van der Waals surface area (Å²) < 4.78 is 0. The Morgan fingerprint density at radius 2 is 2.15 bits per heavy atom. The number of piperazine rings is 1. The number of likely N-dealkylation sites (tertiary alicyclic amines) is 1. The number of carbonyl (C=O) groups excluding carboxylic acids is 1. The minimum absolute atomic E-state index is 0.237. The Morgan fingerprint density at radius 1 is 1.35 bits per heavy atom. The second-order valence-electron chi connectivity index (χ2n) is 5.72. The van der Waals surface area contributed by atoms with Crippen LogP contribution in [0.3, 0.4) is 0 Å². The van der Waals surface area contributed by atoms with E-state index in [9.17, 15) is 4.79 Å². The summed E-state index contributed by atoms with van der Waals surface area (Å²) in [7, 11) is 0.